The zero-order chi connectivity index (χ0) is 20.3. The summed E-state index contributed by atoms with van der Waals surface area (Å²) in [6.07, 6.45) is -7.27. The van der Waals surface area contributed by atoms with Crippen LogP contribution in [0.1, 0.15) is 6.42 Å². The number of alkyl halides is 3. The van der Waals surface area contributed by atoms with Crippen LogP contribution in [-0.2, 0) is 0 Å². The zero-order valence-corrected chi connectivity index (χ0v) is 17.5. The number of rotatable bonds is 6. The van der Waals surface area contributed by atoms with E-state index in [0.29, 0.717) is 0 Å². The van der Waals surface area contributed by atoms with Gasteiger partial charge in [0.2, 0.25) is 0 Å². The van der Waals surface area contributed by atoms with Crippen LogP contribution in [-0.4, -0.2) is 23.5 Å². The number of aliphatic hydroxyl groups is 1. The predicted molar refractivity (Wildman–Crippen MR) is 116 cm³/mol. The quantitative estimate of drug-likeness (QED) is 0.496. The van der Waals surface area contributed by atoms with Gasteiger partial charge in [0.05, 0.1) is 0 Å². The van der Waals surface area contributed by atoms with Crippen LogP contribution in [0.15, 0.2) is 91.0 Å². The summed E-state index contributed by atoms with van der Waals surface area (Å²) in [5.74, 6) is 0. The topological polar surface area (TPSA) is 20.2 Å². The molecule has 0 spiro atoms. The Bertz CT molecular complexity index is 802. The molecular weight excluding hydrogens is 448 g/mol. The van der Waals surface area contributed by atoms with Crippen LogP contribution in [0.5, 0.6) is 0 Å². The first-order valence-electron chi connectivity index (χ1n) is 8.91. The molecular formula is C22H21BrF3OP. The van der Waals surface area contributed by atoms with Crippen molar-refractivity contribution in [3.8, 4) is 0 Å². The molecule has 3 aromatic rings. The Balaban J connectivity index is 2.28. The maximum absolute atomic E-state index is 13.1. The number of hydrogen-bond donors (Lipinski definition) is 1. The molecule has 0 aliphatic rings. The molecule has 1 atom stereocenters. The SMILES string of the molecule is OC(CCP(Br)(c1ccccc1)(c1ccccc1)c1ccccc1)C(F)(F)F. The standard InChI is InChI=1S/C22H21BrF3OP/c23-28(18-10-4-1-5-11-18,19-12-6-2-7-13-19,20-14-8-3-9-15-20)17-16-21(27)22(24,25)26/h1-15,21,27H,16-17H2. The molecule has 3 aromatic carbocycles. The number of halogens is 4. The van der Waals surface area contributed by atoms with Crippen molar-refractivity contribution in [2.24, 2.45) is 0 Å². The third kappa shape index (κ3) is 3.76. The van der Waals surface area contributed by atoms with E-state index in [9.17, 15) is 18.3 Å². The molecule has 0 amide bonds. The molecule has 0 saturated carbocycles. The van der Waals surface area contributed by atoms with Crippen LogP contribution >= 0.6 is 20.8 Å². The predicted octanol–water partition coefficient (Wildman–Crippen LogP) is 5.14. The van der Waals surface area contributed by atoms with Crippen molar-refractivity contribution in [3.05, 3.63) is 91.0 Å². The van der Waals surface area contributed by atoms with Crippen molar-refractivity contribution in [1.29, 1.82) is 0 Å². The minimum absolute atomic E-state index is 0.143. The summed E-state index contributed by atoms with van der Waals surface area (Å²) in [5, 5.41) is 9.14. The van der Waals surface area contributed by atoms with Crippen molar-refractivity contribution < 1.29 is 18.3 Å². The van der Waals surface area contributed by atoms with Crippen LogP contribution < -0.4 is 15.9 Å². The third-order valence-electron chi connectivity index (χ3n) is 5.08. The van der Waals surface area contributed by atoms with Crippen LogP contribution in [0.3, 0.4) is 0 Å². The first-order valence-corrected chi connectivity index (χ1v) is 13.4. The van der Waals surface area contributed by atoms with E-state index < -0.39 is 24.0 Å². The number of aliphatic hydroxyl groups excluding tert-OH is 1. The van der Waals surface area contributed by atoms with Crippen molar-refractivity contribution in [2.45, 2.75) is 18.7 Å². The number of benzene rings is 3. The second-order valence-corrected chi connectivity index (χ2v) is 15.8. The van der Waals surface area contributed by atoms with Gasteiger partial charge in [-0.3, -0.25) is 0 Å². The van der Waals surface area contributed by atoms with Crippen LogP contribution in [0.2, 0.25) is 0 Å². The van der Waals surface area contributed by atoms with Crippen molar-refractivity contribution >= 4 is 36.7 Å². The van der Waals surface area contributed by atoms with E-state index in [4.69, 9.17) is 0 Å². The van der Waals surface area contributed by atoms with Gasteiger partial charge in [0.25, 0.3) is 0 Å². The van der Waals surface area contributed by atoms with Gasteiger partial charge in [-0.1, -0.05) is 0 Å². The average molecular weight is 469 g/mol. The van der Waals surface area contributed by atoms with Gasteiger partial charge in [0.1, 0.15) is 0 Å². The summed E-state index contributed by atoms with van der Waals surface area (Å²) in [5.41, 5.74) is 0. The van der Waals surface area contributed by atoms with Crippen molar-refractivity contribution in [1.82, 2.24) is 0 Å². The van der Waals surface area contributed by atoms with E-state index in [1.54, 1.807) is 0 Å². The Morgan fingerprint density at radius 1 is 0.714 bits per heavy atom. The fourth-order valence-electron chi connectivity index (χ4n) is 3.58. The van der Waals surface area contributed by atoms with Gasteiger partial charge in [0.15, 0.2) is 0 Å². The molecule has 0 heterocycles. The van der Waals surface area contributed by atoms with Crippen molar-refractivity contribution in [2.75, 3.05) is 6.16 Å². The first-order chi connectivity index (χ1) is 13.3. The fraction of sp³-hybridized carbons (Fsp3) is 0.182. The Morgan fingerprint density at radius 3 is 1.32 bits per heavy atom. The van der Waals surface area contributed by atoms with Crippen LogP contribution in [0.25, 0.3) is 0 Å². The molecule has 0 saturated heterocycles. The summed E-state index contributed by atoms with van der Waals surface area (Å²) in [7, 11) is 0. The summed E-state index contributed by atoms with van der Waals surface area (Å²) < 4.78 is 39.3. The van der Waals surface area contributed by atoms with Gasteiger partial charge < -0.3 is 0 Å². The Labute approximate surface area is 170 Å². The van der Waals surface area contributed by atoms with Crippen LogP contribution in [0.4, 0.5) is 13.2 Å². The molecule has 0 aromatic heterocycles. The van der Waals surface area contributed by atoms with E-state index in [1.807, 2.05) is 91.0 Å². The van der Waals surface area contributed by atoms with Gasteiger partial charge in [-0.25, -0.2) is 0 Å². The van der Waals surface area contributed by atoms with E-state index in [1.165, 1.54) is 0 Å². The molecule has 0 radical (unpaired) electrons. The molecule has 0 bridgehead atoms. The second-order valence-electron chi connectivity index (χ2n) is 6.76. The monoisotopic (exact) mass is 468 g/mol. The molecule has 148 valence electrons. The zero-order valence-electron chi connectivity index (χ0n) is 15.1. The summed E-state index contributed by atoms with van der Waals surface area (Å²) in [6, 6.07) is 28.7. The molecule has 6 heteroatoms. The Morgan fingerprint density at radius 2 is 1.04 bits per heavy atom. The molecule has 1 unspecified atom stereocenters. The molecule has 28 heavy (non-hydrogen) atoms. The summed E-state index contributed by atoms with van der Waals surface area (Å²) in [4.78, 5) is 0. The average Bonchev–Trinajstić information content (AvgIpc) is 2.73. The molecule has 1 N–H and O–H groups in total. The first kappa shape index (κ1) is 21.0. The van der Waals surface area contributed by atoms with E-state index in [0.717, 1.165) is 15.9 Å². The van der Waals surface area contributed by atoms with Gasteiger partial charge in [-0.15, -0.1) is 0 Å². The fourth-order valence-corrected chi connectivity index (χ4v) is 11.1. The van der Waals surface area contributed by atoms with E-state index in [2.05, 4.69) is 15.5 Å². The summed E-state index contributed by atoms with van der Waals surface area (Å²) >= 11 is 4.06. The molecule has 1 nitrogen and oxygen atoms in total. The molecule has 0 aliphatic heterocycles. The van der Waals surface area contributed by atoms with Gasteiger partial charge in [0, 0.05) is 0 Å². The van der Waals surface area contributed by atoms with Gasteiger partial charge in [-0.2, -0.15) is 0 Å². The maximum atomic E-state index is 13.1. The Hall–Kier alpha value is -1.68. The normalized spacial score (nSPS) is 14.8. The number of hydrogen-bond acceptors (Lipinski definition) is 1. The molecule has 0 fully saturated rings. The second kappa shape index (κ2) is 7.98. The van der Waals surface area contributed by atoms with E-state index in [-0.39, 0.29) is 6.16 Å². The minimum atomic E-state index is -4.65. The van der Waals surface area contributed by atoms with Gasteiger partial charge in [-0.05, 0) is 0 Å². The van der Waals surface area contributed by atoms with E-state index >= 15 is 0 Å². The van der Waals surface area contributed by atoms with Crippen molar-refractivity contribution in [3.63, 3.8) is 0 Å². The van der Waals surface area contributed by atoms with Crippen LogP contribution in [0, 0.1) is 0 Å². The summed E-state index contributed by atoms with van der Waals surface area (Å²) in [6.45, 7) is 0. The molecule has 0 aliphatic carbocycles. The van der Waals surface area contributed by atoms with Gasteiger partial charge >= 0.3 is 171 Å². The Kier molecular flexibility index (Phi) is 6.00. The third-order valence-corrected chi connectivity index (χ3v) is 15.1. The molecule has 3 rings (SSSR count).